The maximum absolute atomic E-state index is 13.0. The van der Waals surface area contributed by atoms with Crippen molar-refractivity contribution in [2.24, 2.45) is 0 Å². The van der Waals surface area contributed by atoms with Crippen molar-refractivity contribution in [2.45, 2.75) is 38.5 Å². The van der Waals surface area contributed by atoms with Crippen LogP contribution in [0.25, 0.3) is 10.9 Å². The Balaban J connectivity index is 1.46. The molecule has 2 heterocycles. The van der Waals surface area contributed by atoms with E-state index in [1.807, 2.05) is 42.5 Å². The van der Waals surface area contributed by atoms with Gasteiger partial charge in [-0.2, -0.15) is 0 Å². The van der Waals surface area contributed by atoms with E-state index in [9.17, 15) is 9.59 Å². The van der Waals surface area contributed by atoms with Crippen LogP contribution in [0.15, 0.2) is 42.5 Å². The minimum atomic E-state index is -0.147. The zero-order chi connectivity index (χ0) is 19.1. The first kappa shape index (κ1) is 17.0. The number of aromatic nitrogens is 1. The largest absolute Gasteiger partial charge is 0.358 e. The number of H-pyrrole nitrogens is 1. The molecule has 5 rings (SSSR count). The summed E-state index contributed by atoms with van der Waals surface area (Å²) in [7, 11) is 0. The molecule has 3 aromatic rings. The molecule has 0 unspecified atom stereocenters. The molecule has 0 spiro atoms. The average molecular weight is 373 g/mol. The van der Waals surface area contributed by atoms with Gasteiger partial charge >= 0.3 is 0 Å². The van der Waals surface area contributed by atoms with Crippen molar-refractivity contribution in [2.75, 3.05) is 16.8 Å². The lowest BCUT2D eigenvalue weighted by molar-refractivity contribution is -0.117. The molecule has 0 saturated carbocycles. The Hall–Kier alpha value is -3.08. The molecule has 28 heavy (non-hydrogen) atoms. The van der Waals surface area contributed by atoms with Crippen LogP contribution in [0.2, 0.25) is 0 Å². The number of fused-ring (bicyclic) bond motifs is 3. The van der Waals surface area contributed by atoms with Gasteiger partial charge in [-0.3, -0.25) is 9.59 Å². The number of hydrogen-bond acceptors (Lipinski definition) is 2. The molecule has 5 nitrogen and oxygen atoms in total. The van der Waals surface area contributed by atoms with E-state index in [4.69, 9.17) is 0 Å². The van der Waals surface area contributed by atoms with Crippen LogP contribution >= 0.6 is 0 Å². The van der Waals surface area contributed by atoms with E-state index in [-0.39, 0.29) is 11.8 Å². The molecule has 2 N–H and O–H groups in total. The van der Waals surface area contributed by atoms with Crippen molar-refractivity contribution in [3.63, 3.8) is 0 Å². The molecule has 2 aliphatic rings. The van der Waals surface area contributed by atoms with Gasteiger partial charge in [0.1, 0.15) is 0 Å². The number of carbonyl (C=O) groups excluding carboxylic acids is 2. The number of hydrogen-bond donors (Lipinski definition) is 2. The van der Waals surface area contributed by atoms with Crippen LogP contribution in [0.4, 0.5) is 11.4 Å². The second-order valence-electron chi connectivity index (χ2n) is 7.67. The number of nitrogens with one attached hydrogen (secondary N) is 2. The summed E-state index contributed by atoms with van der Waals surface area (Å²) in [6, 6.07) is 13.4. The summed E-state index contributed by atoms with van der Waals surface area (Å²) >= 11 is 0. The molecular formula is C23H23N3O2. The van der Waals surface area contributed by atoms with Crippen molar-refractivity contribution >= 4 is 34.1 Å². The van der Waals surface area contributed by atoms with E-state index < -0.39 is 0 Å². The SMILES string of the molecule is O=C(Nc1ccccc1N1CCCC1=O)c1ccc2[nH]c3c(c2c1)CCCC3. The molecule has 1 saturated heterocycles. The molecule has 2 amide bonds. The van der Waals surface area contributed by atoms with E-state index in [0.29, 0.717) is 24.2 Å². The molecule has 1 fully saturated rings. The number of nitrogens with zero attached hydrogens (tertiary/aromatic N) is 1. The number of para-hydroxylation sites is 2. The molecule has 1 aliphatic heterocycles. The highest BCUT2D eigenvalue weighted by molar-refractivity contribution is 6.09. The second-order valence-corrected chi connectivity index (χ2v) is 7.67. The predicted molar refractivity (Wildman–Crippen MR) is 111 cm³/mol. The van der Waals surface area contributed by atoms with Gasteiger partial charge in [0, 0.05) is 35.1 Å². The van der Waals surface area contributed by atoms with Gasteiger partial charge < -0.3 is 15.2 Å². The van der Waals surface area contributed by atoms with Gasteiger partial charge in [-0.15, -0.1) is 0 Å². The Morgan fingerprint density at radius 1 is 1.00 bits per heavy atom. The Morgan fingerprint density at radius 2 is 1.86 bits per heavy atom. The third-order valence-electron chi connectivity index (χ3n) is 5.88. The maximum Gasteiger partial charge on any atom is 0.255 e. The summed E-state index contributed by atoms with van der Waals surface area (Å²) in [6.45, 7) is 0.702. The summed E-state index contributed by atoms with van der Waals surface area (Å²) in [5, 5.41) is 4.18. The van der Waals surface area contributed by atoms with Gasteiger partial charge in [0.2, 0.25) is 5.91 Å². The summed E-state index contributed by atoms with van der Waals surface area (Å²) in [5.41, 5.74) is 5.88. The minimum Gasteiger partial charge on any atom is -0.358 e. The number of carbonyl (C=O) groups is 2. The topological polar surface area (TPSA) is 65.2 Å². The van der Waals surface area contributed by atoms with Crippen molar-refractivity contribution in [3.8, 4) is 0 Å². The molecule has 1 aliphatic carbocycles. The van der Waals surface area contributed by atoms with Crippen molar-refractivity contribution < 1.29 is 9.59 Å². The number of benzene rings is 2. The molecular weight excluding hydrogens is 350 g/mol. The first-order valence-corrected chi connectivity index (χ1v) is 10.0. The first-order valence-electron chi connectivity index (χ1n) is 10.0. The Morgan fingerprint density at radius 3 is 2.71 bits per heavy atom. The quantitative estimate of drug-likeness (QED) is 0.713. The van der Waals surface area contributed by atoms with Crippen LogP contribution in [-0.4, -0.2) is 23.3 Å². The number of aromatic amines is 1. The Kier molecular flexibility index (Phi) is 4.15. The van der Waals surface area contributed by atoms with E-state index in [1.165, 1.54) is 24.1 Å². The lowest BCUT2D eigenvalue weighted by Gasteiger charge is -2.20. The highest BCUT2D eigenvalue weighted by Gasteiger charge is 2.24. The van der Waals surface area contributed by atoms with E-state index in [1.54, 1.807) is 4.90 Å². The first-order chi connectivity index (χ1) is 13.7. The molecule has 1 aromatic heterocycles. The van der Waals surface area contributed by atoms with Gasteiger partial charge in [-0.25, -0.2) is 0 Å². The average Bonchev–Trinajstić information content (AvgIpc) is 3.31. The number of amides is 2. The zero-order valence-electron chi connectivity index (χ0n) is 15.8. The molecule has 142 valence electrons. The van der Waals surface area contributed by atoms with Crippen LogP contribution in [-0.2, 0) is 17.6 Å². The molecule has 5 heteroatoms. The van der Waals surface area contributed by atoms with Gasteiger partial charge in [0.05, 0.1) is 11.4 Å². The number of rotatable bonds is 3. The minimum absolute atomic E-state index is 0.113. The number of anilines is 2. The highest BCUT2D eigenvalue weighted by atomic mass is 16.2. The van der Waals surface area contributed by atoms with E-state index >= 15 is 0 Å². The van der Waals surface area contributed by atoms with Crippen LogP contribution in [0.1, 0.15) is 47.3 Å². The standard InChI is InChI=1S/C23H23N3O2/c27-22-10-5-13-26(22)21-9-4-3-8-20(21)25-23(28)15-11-12-19-17(14-15)16-6-1-2-7-18(16)24-19/h3-4,8-9,11-12,14,24H,1-2,5-7,10,13H2,(H,25,28). The normalized spacial score (nSPS) is 16.4. The lowest BCUT2D eigenvalue weighted by atomic mass is 9.95. The maximum atomic E-state index is 13.0. The van der Waals surface area contributed by atoms with Gasteiger partial charge in [-0.05, 0) is 68.0 Å². The molecule has 0 atom stereocenters. The van der Waals surface area contributed by atoms with Gasteiger partial charge in [0.15, 0.2) is 0 Å². The monoisotopic (exact) mass is 373 g/mol. The summed E-state index contributed by atoms with van der Waals surface area (Å²) in [4.78, 5) is 30.4. The second kappa shape index (κ2) is 6.82. The Labute approximate surface area is 163 Å². The fourth-order valence-electron chi connectivity index (χ4n) is 4.46. The molecule has 0 bridgehead atoms. The lowest BCUT2D eigenvalue weighted by Crippen LogP contribution is -2.25. The number of aryl methyl sites for hydroxylation is 2. The van der Waals surface area contributed by atoms with Crippen LogP contribution in [0.5, 0.6) is 0 Å². The van der Waals surface area contributed by atoms with E-state index in [2.05, 4.69) is 10.3 Å². The van der Waals surface area contributed by atoms with Gasteiger partial charge in [-0.1, -0.05) is 12.1 Å². The van der Waals surface area contributed by atoms with Crippen LogP contribution in [0.3, 0.4) is 0 Å². The van der Waals surface area contributed by atoms with E-state index in [0.717, 1.165) is 35.9 Å². The fourth-order valence-corrected chi connectivity index (χ4v) is 4.46. The van der Waals surface area contributed by atoms with Crippen molar-refractivity contribution in [1.29, 1.82) is 0 Å². The summed E-state index contributed by atoms with van der Waals surface area (Å²) < 4.78 is 0. The molecule has 2 aromatic carbocycles. The highest BCUT2D eigenvalue weighted by Crippen LogP contribution is 2.32. The smallest absolute Gasteiger partial charge is 0.255 e. The zero-order valence-corrected chi connectivity index (χ0v) is 15.8. The molecule has 0 radical (unpaired) electrons. The van der Waals surface area contributed by atoms with Crippen LogP contribution in [0, 0.1) is 0 Å². The summed E-state index contributed by atoms with van der Waals surface area (Å²) in [6.07, 6.45) is 6.00. The third-order valence-corrected chi connectivity index (χ3v) is 5.88. The van der Waals surface area contributed by atoms with Gasteiger partial charge in [0.25, 0.3) is 5.91 Å². The van der Waals surface area contributed by atoms with Crippen LogP contribution < -0.4 is 10.2 Å². The fraction of sp³-hybridized carbons (Fsp3) is 0.304. The van der Waals surface area contributed by atoms with Crippen molar-refractivity contribution in [3.05, 3.63) is 59.3 Å². The Bertz CT molecular complexity index is 1080. The summed E-state index contributed by atoms with van der Waals surface area (Å²) in [5.74, 6) is -0.0335. The third kappa shape index (κ3) is 2.87. The van der Waals surface area contributed by atoms with Crippen molar-refractivity contribution in [1.82, 2.24) is 4.98 Å². The predicted octanol–water partition coefficient (Wildman–Crippen LogP) is 4.43.